The summed E-state index contributed by atoms with van der Waals surface area (Å²) in [5.74, 6) is 4.82. The van der Waals surface area contributed by atoms with Gasteiger partial charge >= 0.3 is 0 Å². The van der Waals surface area contributed by atoms with Crippen LogP contribution in [0.4, 0.5) is 5.69 Å². The highest BCUT2D eigenvalue weighted by molar-refractivity contribution is 8.00. The fourth-order valence-corrected chi connectivity index (χ4v) is 2.49. The van der Waals surface area contributed by atoms with Crippen LogP contribution in [0.2, 0.25) is 5.02 Å². The molecule has 0 saturated carbocycles. The first-order valence-corrected chi connectivity index (χ1v) is 6.00. The van der Waals surface area contributed by atoms with E-state index in [-0.39, 0.29) is 11.2 Å². The molecule has 0 saturated heterocycles. The SMILES string of the molecule is CC(CC(=O)NN)Sc1cc(Cl)ccc1N. The normalized spacial score (nSPS) is 12.2. The van der Waals surface area contributed by atoms with Gasteiger partial charge in [0.15, 0.2) is 0 Å². The van der Waals surface area contributed by atoms with Gasteiger partial charge in [0.05, 0.1) is 0 Å². The van der Waals surface area contributed by atoms with Crippen LogP contribution in [0.5, 0.6) is 0 Å². The maximum absolute atomic E-state index is 11.1. The molecular weight excluding hydrogens is 246 g/mol. The second kappa shape index (κ2) is 5.98. The van der Waals surface area contributed by atoms with E-state index in [4.69, 9.17) is 23.2 Å². The number of amides is 1. The lowest BCUT2D eigenvalue weighted by Crippen LogP contribution is -2.31. The zero-order chi connectivity index (χ0) is 12.1. The fraction of sp³-hybridized carbons (Fsp3) is 0.300. The maximum Gasteiger partial charge on any atom is 0.234 e. The van der Waals surface area contributed by atoms with E-state index >= 15 is 0 Å². The van der Waals surface area contributed by atoms with Gasteiger partial charge in [-0.15, -0.1) is 11.8 Å². The summed E-state index contributed by atoms with van der Waals surface area (Å²) in [4.78, 5) is 11.9. The first kappa shape index (κ1) is 13.2. The average molecular weight is 260 g/mol. The molecule has 0 radical (unpaired) electrons. The molecule has 0 aliphatic carbocycles. The molecule has 0 bridgehead atoms. The van der Waals surface area contributed by atoms with Crippen molar-refractivity contribution in [3.8, 4) is 0 Å². The van der Waals surface area contributed by atoms with Crippen molar-refractivity contribution in [2.24, 2.45) is 5.84 Å². The van der Waals surface area contributed by atoms with E-state index in [0.717, 1.165) is 4.90 Å². The van der Waals surface area contributed by atoms with Gasteiger partial charge in [-0.25, -0.2) is 5.84 Å². The fourth-order valence-electron chi connectivity index (χ4n) is 1.19. The predicted molar refractivity (Wildman–Crippen MR) is 68.1 cm³/mol. The molecule has 1 aromatic carbocycles. The Morgan fingerprint density at radius 1 is 1.62 bits per heavy atom. The lowest BCUT2D eigenvalue weighted by molar-refractivity contribution is -0.121. The number of hydrogen-bond acceptors (Lipinski definition) is 4. The second-order valence-electron chi connectivity index (χ2n) is 3.38. The highest BCUT2D eigenvalue weighted by Crippen LogP contribution is 2.32. The Balaban J connectivity index is 2.65. The van der Waals surface area contributed by atoms with Crippen LogP contribution < -0.4 is 17.0 Å². The minimum atomic E-state index is -0.194. The van der Waals surface area contributed by atoms with Crippen molar-refractivity contribution in [2.45, 2.75) is 23.5 Å². The molecule has 1 amide bonds. The number of hydrogen-bond donors (Lipinski definition) is 3. The quantitative estimate of drug-likeness (QED) is 0.253. The largest absolute Gasteiger partial charge is 0.398 e. The van der Waals surface area contributed by atoms with E-state index in [9.17, 15) is 4.79 Å². The molecule has 0 aliphatic rings. The Hall–Kier alpha value is -0.910. The lowest BCUT2D eigenvalue weighted by Gasteiger charge is -2.12. The number of nitrogens with two attached hydrogens (primary N) is 2. The van der Waals surface area contributed by atoms with Crippen molar-refractivity contribution in [1.29, 1.82) is 0 Å². The standard InChI is InChI=1S/C10H14ClN3OS/c1-6(4-10(15)14-13)16-9-5-7(11)2-3-8(9)12/h2-3,5-6H,4,12-13H2,1H3,(H,14,15). The minimum absolute atomic E-state index is 0.0873. The summed E-state index contributed by atoms with van der Waals surface area (Å²) in [5, 5.41) is 0.719. The summed E-state index contributed by atoms with van der Waals surface area (Å²) in [5.41, 5.74) is 8.56. The van der Waals surface area contributed by atoms with E-state index in [0.29, 0.717) is 17.1 Å². The molecule has 0 aliphatic heterocycles. The second-order valence-corrected chi connectivity index (χ2v) is 5.30. The monoisotopic (exact) mass is 259 g/mol. The third kappa shape index (κ3) is 3.92. The summed E-state index contributed by atoms with van der Waals surface area (Å²) in [7, 11) is 0. The van der Waals surface area contributed by atoms with Crippen molar-refractivity contribution in [3.63, 3.8) is 0 Å². The first-order valence-electron chi connectivity index (χ1n) is 4.74. The topological polar surface area (TPSA) is 81.1 Å². The van der Waals surface area contributed by atoms with Crippen LogP contribution >= 0.6 is 23.4 Å². The summed E-state index contributed by atoms with van der Waals surface area (Å²) in [6.45, 7) is 1.93. The van der Waals surface area contributed by atoms with Gasteiger partial charge in [0.2, 0.25) is 5.91 Å². The molecule has 0 fully saturated rings. The average Bonchev–Trinajstić information content (AvgIpc) is 2.23. The molecular formula is C10H14ClN3OS. The molecule has 4 nitrogen and oxygen atoms in total. The third-order valence-corrected chi connectivity index (χ3v) is 3.35. The Kier molecular flexibility index (Phi) is 4.92. The lowest BCUT2D eigenvalue weighted by atomic mass is 10.3. The van der Waals surface area contributed by atoms with Gasteiger partial charge in [-0.3, -0.25) is 10.2 Å². The molecule has 5 N–H and O–H groups in total. The van der Waals surface area contributed by atoms with Crippen molar-refractivity contribution in [2.75, 3.05) is 5.73 Å². The minimum Gasteiger partial charge on any atom is -0.398 e. The number of thioether (sulfide) groups is 1. The van der Waals surface area contributed by atoms with Crippen LogP contribution in [0.25, 0.3) is 0 Å². The highest BCUT2D eigenvalue weighted by Gasteiger charge is 2.11. The third-order valence-electron chi connectivity index (χ3n) is 1.94. The number of rotatable bonds is 4. The van der Waals surface area contributed by atoms with E-state index in [1.54, 1.807) is 18.2 Å². The molecule has 88 valence electrons. The molecule has 1 rings (SSSR count). The Morgan fingerprint density at radius 3 is 2.94 bits per heavy atom. The molecule has 1 atom stereocenters. The summed E-state index contributed by atoms with van der Waals surface area (Å²) >= 11 is 7.37. The van der Waals surface area contributed by atoms with Gasteiger partial charge in [0, 0.05) is 27.3 Å². The van der Waals surface area contributed by atoms with Gasteiger partial charge in [-0.05, 0) is 18.2 Å². The highest BCUT2D eigenvalue weighted by atomic mass is 35.5. The van der Waals surface area contributed by atoms with Crippen molar-refractivity contribution >= 4 is 35.0 Å². The van der Waals surface area contributed by atoms with Gasteiger partial charge in [0.1, 0.15) is 0 Å². The molecule has 6 heteroatoms. The van der Waals surface area contributed by atoms with Crippen LogP contribution in [-0.4, -0.2) is 11.2 Å². The van der Waals surface area contributed by atoms with E-state index in [2.05, 4.69) is 5.43 Å². The number of nitrogens with one attached hydrogen (secondary N) is 1. The number of nitrogen functional groups attached to an aromatic ring is 1. The van der Waals surface area contributed by atoms with Gasteiger partial charge in [-0.2, -0.15) is 0 Å². The maximum atomic E-state index is 11.1. The summed E-state index contributed by atoms with van der Waals surface area (Å²) < 4.78 is 0. The van der Waals surface area contributed by atoms with Gasteiger partial charge < -0.3 is 5.73 Å². The number of hydrazine groups is 1. The van der Waals surface area contributed by atoms with Crippen LogP contribution in [-0.2, 0) is 4.79 Å². The van der Waals surface area contributed by atoms with Crippen LogP contribution in [0.1, 0.15) is 13.3 Å². The number of carbonyl (C=O) groups excluding carboxylic acids is 1. The van der Waals surface area contributed by atoms with E-state index < -0.39 is 0 Å². The predicted octanol–water partition coefficient (Wildman–Crippen LogP) is 1.78. The summed E-state index contributed by atoms with van der Waals surface area (Å²) in [6.07, 6.45) is 0.340. The van der Waals surface area contributed by atoms with Crippen LogP contribution in [0, 0.1) is 0 Å². The van der Waals surface area contributed by atoms with Crippen molar-refractivity contribution in [1.82, 2.24) is 5.43 Å². The number of benzene rings is 1. The molecule has 0 aromatic heterocycles. The molecule has 0 heterocycles. The molecule has 1 aromatic rings. The van der Waals surface area contributed by atoms with E-state index in [1.165, 1.54) is 11.8 Å². The van der Waals surface area contributed by atoms with Crippen molar-refractivity contribution < 1.29 is 4.79 Å². The molecule has 16 heavy (non-hydrogen) atoms. The van der Waals surface area contributed by atoms with Crippen LogP contribution in [0.15, 0.2) is 23.1 Å². The number of anilines is 1. The smallest absolute Gasteiger partial charge is 0.234 e. The summed E-state index contributed by atoms with van der Waals surface area (Å²) in [6, 6.07) is 5.27. The van der Waals surface area contributed by atoms with E-state index in [1.807, 2.05) is 6.92 Å². The van der Waals surface area contributed by atoms with Crippen molar-refractivity contribution in [3.05, 3.63) is 23.2 Å². The Morgan fingerprint density at radius 2 is 2.31 bits per heavy atom. The number of carbonyl (C=O) groups is 1. The number of halogens is 1. The zero-order valence-corrected chi connectivity index (χ0v) is 10.4. The first-order chi connectivity index (χ1) is 7.52. The van der Waals surface area contributed by atoms with Gasteiger partial charge in [0.25, 0.3) is 0 Å². The Labute approximate surface area is 104 Å². The van der Waals surface area contributed by atoms with Crippen LogP contribution in [0.3, 0.4) is 0 Å². The zero-order valence-electron chi connectivity index (χ0n) is 8.87. The molecule has 1 unspecified atom stereocenters. The Bertz CT molecular complexity index is 386. The van der Waals surface area contributed by atoms with Gasteiger partial charge in [-0.1, -0.05) is 18.5 Å². The molecule has 0 spiro atoms.